The normalized spacial score (nSPS) is 11.2. The van der Waals surface area contributed by atoms with Crippen LogP contribution in [-0.2, 0) is 29.6 Å². The maximum Gasteiger partial charge on any atom is 0.294 e. The van der Waals surface area contributed by atoms with E-state index in [9.17, 15) is 19.7 Å². The van der Waals surface area contributed by atoms with Gasteiger partial charge in [0.25, 0.3) is 11.0 Å². The monoisotopic (exact) mass is 687 g/mol. The fourth-order valence-corrected chi connectivity index (χ4v) is 6.38. The van der Waals surface area contributed by atoms with E-state index in [-0.39, 0.29) is 25.0 Å². The van der Waals surface area contributed by atoms with Crippen LogP contribution >= 0.6 is 0 Å². The van der Waals surface area contributed by atoms with Crippen LogP contribution in [0.15, 0.2) is 84.9 Å². The number of carbonyl (C=O) groups excluding carboxylic acids is 2. The number of carbonyl (C=O) groups is 2. The molecule has 6 aromatic rings. The van der Waals surface area contributed by atoms with Crippen molar-refractivity contribution in [2.45, 2.75) is 46.1 Å². The maximum absolute atomic E-state index is 13.2. The van der Waals surface area contributed by atoms with Gasteiger partial charge in [-0.1, -0.05) is 61.5 Å². The molecule has 12 heteroatoms. The van der Waals surface area contributed by atoms with E-state index in [0.717, 1.165) is 74.4 Å². The number of benzene rings is 4. The van der Waals surface area contributed by atoms with Gasteiger partial charge in [-0.15, -0.1) is 10.1 Å². The molecule has 12 nitrogen and oxygen atoms in total. The highest BCUT2D eigenvalue weighted by molar-refractivity contribution is 6.02. The summed E-state index contributed by atoms with van der Waals surface area (Å²) in [6.45, 7) is 5.03. The van der Waals surface area contributed by atoms with Crippen molar-refractivity contribution in [1.82, 2.24) is 29.7 Å². The van der Waals surface area contributed by atoms with Gasteiger partial charge in [-0.05, 0) is 78.8 Å². The number of nitrogens with zero attached hydrogens (tertiary/aromatic N) is 5. The lowest BCUT2D eigenvalue weighted by atomic mass is 9.98. The second-order valence-corrected chi connectivity index (χ2v) is 12.5. The van der Waals surface area contributed by atoms with Gasteiger partial charge >= 0.3 is 0 Å². The molecule has 0 saturated carbocycles. The topological polar surface area (TPSA) is 146 Å². The van der Waals surface area contributed by atoms with E-state index in [2.05, 4.69) is 75.8 Å². The smallest absolute Gasteiger partial charge is 0.294 e. The lowest BCUT2D eigenvalue weighted by Crippen LogP contribution is -2.37. The van der Waals surface area contributed by atoms with Crippen molar-refractivity contribution >= 4 is 33.9 Å². The third kappa shape index (κ3) is 7.90. The van der Waals surface area contributed by atoms with E-state index in [1.165, 1.54) is 0 Å². The standard InChI is InChI=1S/C39H41N7O5/c1-4-11-35-43-37-26(2)22-29(38-42-32-14-7-8-15-33(32)44(38)3)23-34(37)45(35)25-27-16-18-28(19-17-27)30-12-5-6-13-31(30)39(48)41-24-36(47)40-20-9-10-21-51-46(49)50/h5-8,12-19,22-23H,4,9-11,20-21,24-25H2,1-3H3,(H,40,47)(H,41,48). The first kappa shape index (κ1) is 34.8. The molecule has 51 heavy (non-hydrogen) atoms. The van der Waals surface area contributed by atoms with Crippen LogP contribution in [0.5, 0.6) is 0 Å². The lowest BCUT2D eigenvalue weighted by molar-refractivity contribution is -0.757. The minimum Gasteiger partial charge on any atom is -0.355 e. The molecule has 0 unspecified atom stereocenters. The number of hydrogen-bond acceptors (Lipinski definition) is 7. The molecule has 0 saturated heterocycles. The Morgan fingerprint density at radius 1 is 0.902 bits per heavy atom. The first-order valence-electron chi connectivity index (χ1n) is 17.2. The van der Waals surface area contributed by atoms with Gasteiger partial charge < -0.3 is 24.6 Å². The molecule has 2 aromatic heterocycles. The fourth-order valence-electron chi connectivity index (χ4n) is 6.38. The van der Waals surface area contributed by atoms with E-state index >= 15 is 0 Å². The molecule has 0 fully saturated rings. The fraction of sp³-hybridized carbons (Fsp3) is 0.282. The number of nitrogens with one attached hydrogen (secondary N) is 2. The Morgan fingerprint density at radius 2 is 1.67 bits per heavy atom. The van der Waals surface area contributed by atoms with Crippen molar-refractivity contribution in [3.05, 3.63) is 118 Å². The van der Waals surface area contributed by atoms with Crippen molar-refractivity contribution in [1.29, 1.82) is 0 Å². The van der Waals surface area contributed by atoms with E-state index in [0.29, 0.717) is 31.5 Å². The predicted molar refractivity (Wildman–Crippen MR) is 197 cm³/mol. The zero-order valence-electron chi connectivity index (χ0n) is 29.0. The molecule has 0 aliphatic heterocycles. The van der Waals surface area contributed by atoms with Crippen molar-refractivity contribution in [3.8, 4) is 22.5 Å². The van der Waals surface area contributed by atoms with Crippen LogP contribution in [0.4, 0.5) is 0 Å². The van der Waals surface area contributed by atoms with Crippen LogP contribution in [0.3, 0.4) is 0 Å². The van der Waals surface area contributed by atoms with E-state index in [1.807, 2.05) is 42.5 Å². The summed E-state index contributed by atoms with van der Waals surface area (Å²) in [5.41, 5.74) is 9.47. The molecule has 0 radical (unpaired) electrons. The Balaban J connectivity index is 1.18. The molecular weight excluding hydrogens is 646 g/mol. The molecule has 2 amide bonds. The SMILES string of the molecule is CCCc1nc2c(C)cc(-c3nc4ccccc4n3C)cc2n1Cc1ccc(-c2ccccc2C(=O)NCC(=O)NCCCCO[N+](=O)[O-])cc1. The summed E-state index contributed by atoms with van der Waals surface area (Å²) in [6, 6.07) is 28.1. The van der Waals surface area contributed by atoms with Crippen molar-refractivity contribution in [2.75, 3.05) is 19.7 Å². The zero-order chi connectivity index (χ0) is 35.9. The Kier molecular flexibility index (Phi) is 10.7. The van der Waals surface area contributed by atoms with Gasteiger partial charge in [-0.3, -0.25) is 9.59 Å². The Hall–Kier alpha value is -6.04. The van der Waals surface area contributed by atoms with Crippen LogP contribution in [0.25, 0.3) is 44.6 Å². The van der Waals surface area contributed by atoms with Crippen molar-refractivity contribution in [2.24, 2.45) is 7.05 Å². The van der Waals surface area contributed by atoms with Gasteiger partial charge in [0.1, 0.15) is 11.6 Å². The molecular formula is C39H41N7O5. The quantitative estimate of drug-likeness (QED) is 0.0722. The summed E-state index contributed by atoms with van der Waals surface area (Å²) in [4.78, 5) is 50.0. The molecule has 0 aliphatic rings. The second-order valence-electron chi connectivity index (χ2n) is 12.5. The molecule has 262 valence electrons. The largest absolute Gasteiger partial charge is 0.355 e. The van der Waals surface area contributed by atoms with Crippen LogP contribution in [0.2, 0.25) is 0 Å². The van der Waals surface area contributed by atoms with E-state index in [1.54, 1.807) is 12.1 Å². The lowest BCUT2D eigenvalue weighted by Gasteiger charge is -2.13. The van der Waals surface area contributed by atoms with Crippen LogP contribution in [-0.4, -0.2) is 55.7 Å². The van der Waals surface area contributed by atoms with Crippen LogP contribution in [0.1, 0.15) is 53.5 Å². The second kappa shape index (κ2) is 15.7. The van der Waals surface area contributed by atoms with Gasteiger partial charge in [-0.25, -0.2) is 9.97 Å². The molecule has 0 bridgehead atoms. The number of amides is 2. The first-order valence-corrected chi connectivity index (χ1v) is 17.2. The number of rotatable bonds is 15. The first-order chi connectivity index (χ1) is 24.7. The Labute approximate surface area is 295 Å². The minimum atomic E-state index is -0.839. The number of para-hydroxylation sites is 2. The summed E-state index contributed by atoms with van der Waals surface area (Å²) in [7, 11) is 2.05. The molecule has 2 heterocycles. The van der Waals surface area contributed by atoms with Crippen LogP contribution < -0.4 is 10.6 Å². The molecule has 0 aliphatic carbocycles. The van der Waals surface area contributed by atoms with Gasteiger partial charge in [0.2, 0.25) is 5.91 Å². The average molecular weight is 688 g/mol. The van der Waals surface area contributed by atoms with Gasteiger partial charge in [-0.2, -0.15) is 0 Å². The van der Waals surface area contributed by atoms with Crippen molar-refractivity contribution in [3.63, 3.8) is 0 Å². The molecule has 4 aromatic carbocycles. The summed E-state index contributed by atoms with van der Waals surface area (Å²) >= 11 is 0. The molecule has 0 spiro atoms. The molecule has 0 atom stereocenters. The van der Waals surface area contributed by atoms with E-state index < -0.39 is 5.09 Å². The molecule has 2 N–H and O–H groups in total. The third-order valence-corrected chi connectivity index (χ3v) is 8.92. The highest BCUT2D eigenvalue weighted by atomic mass is 16.9. The van der Waals surface area contributed by atoms with Gasteiger partial charge in [0.05, 0.1) is 35.2 Å². The number of unbranched alkanes of at least 4 members (excludes halogenated alkanes) is 1. The van der Waals surface area contributed by atoms with Gasteiger partial charge in [0.15, 0.2) is 0 Å². The van der Waals surface area contributed by atoms with Crippen LogP contribution in [0, 0.1) is 17.0 Å². The molecule has 6 rings (SSSR count). The summed E-state index contributed by atoms with van der Waals surface area (Å²) < 4.78 is 4.44. The van der Waals surface area contributed by atoms with Crippen molar-refractivity contribution < 1.29 is 19.5 Å². The average Bonchev–Trinajstić information content (AvgIpc) is 3.66. The zero-order valence-corrected chi connectivity index (χ0v) is 29.0. The Bertz CT molecular complexity index is 2200. The summed E-state index contributed by atoms with van der Waals surface area (Å²) in [5.74, 6) is 1.25. The Morgan fingerprint density at radius 3 is 2.43 bits per heavy atom. The summed E-state index contributed by atoms with van der Waals surface area (Å²) in [5, 5.41) is 14.8. The predicted octanol–water partition coefficient (Wildman–Crippen LogP) is 6.40. The number of fused-ring (bicyclic) bond motifs is 2. The number of hydrogen-bond donors (Lipinski definition) is 2. The number of aryl methyl sites for hydroxylation is 3. The summed E-state index contributed by atoms with van der Waals surface area (Å²) in [6.07, 6.45) is 2.78. The highest BCUT2D eigenvalue weighted by Gasteiger charge is 2.18. The van der Waals surface area contributed by atoms with E-state index in [4.69, 9.17) is 9.97 Å². The maximum atomic E-state index is 13.2. The van der Waals surface area contributed by atoms with Gasteiger partial charge in [0, 0.05) is 37.7 Å². The highest BCUT2D eigenvalue weighted by Crippen LogP contribution is 2.31. The number of aromatic nitrogens is 4. The third-order valence-electron chi connectivity index (χ3n) is 8.92. The minimum absolute atomic E-state index is 0.0250. The number of imidazole rings is 2.